The molecule has 1 aromatic carbocycles. The number of piperidine rings is 1. The Morgan fingerprint density at radius 2 is 1.95 bits per heavy atom. The zero-order valence-electron chi connectivity index (χ0n) is 11.3. The van der Waals surface area contributed by atoms with E-state index in [1.807, 2.05) is 0 Å². The molecule has 1 aromatic rings. The van der Waals surface area contributed by atoms with Gasteiger partial charge in [-0.25, -0.2) is 8.42 Å². The third kappa shape index (κ3) is 2.99. The highest BCUT2D eigenvalue weighted by atomic mass is 32.2. The fourth-order valence-electron chi connectivity index (χ4n) is 2.41. The Labute approximate surface area is 123 Å². The van der Waals surface area contributed by atoms with Gasteiger partial charge in [-0.15, -0.1) is 0 Å². The largest absolute Gasteiger partial charge is 0.409 e. The lowest BCUT2D eigenvalue weighted by atomic mass is 10.1. The summed E-state index contributed by atoms with van der Waals surface area (Å²) in [5.74, 6) is -0.813. The van der Waals surface area contributed by atoms with Crippen molar-refractivity contribution >= 4 is 21.6 Å². The van der Waals surface area contributed by atoms with Gasteiger partial charge in [0.25, 0.3) is 5.91 Å². The van der Waals surface area contributed by atoms with Gasteiger partial charge < -0.3 is 15.8 Å². The summed E-state index contributed by atoms with van der Waals surface area (Å²) in [4.78, 5) is 13.0. The van der Waals surface area contributed by atoms with Gasteiger partial charge in [0.2, 0.25) is 15.2 Å². The van der Waals surface area contributed by atoms with Gasteiger partial charge in [0.05, 0.1) is 4.90 Å². The maximum absolute atomic E-state index is 12.7. The van der Waals surface area contributed by atoms with Crippen LogP contribution in [0.3, 0.4) is 0 Å². The first-order valence-electron chi connectivity index (χ1n) is 6.54. The maximum Gasteiger partial charge on any atom is 0.256 e. The molecule has 1 aliphatic rings. The average Bonchev–Trinajstić information content (AvgIpc) is 2.48. The van der Waals surface area contributed by atoms with Crippen molar-refractivity contribution in [3.05, 3.63) is 30.3 Å². The minimum Gasteiger partial charge on any atom is -0.409 e. The molecule has 0 aromatic heterocycles. The van der Waals surface area contributed by atoms with E-state index in [1.165, 1.54) is 17.0 Å². The summed E-state index contributed by atoms with van der Waals surface area (Å²) in [5.41, 5.74) is 5.31. The van der Waals surface area contributed by atoms with E-state index in [2.05, 4.69) is 5.16 Å². The summed E-state index contributed by atoms with van der Waals surface area (Å²) < 4.78 is 25.3. The Hall–Kier alpha value is -2.09. The topological polar surface area (TPSA) is 113 Å². The normalized spacial score (nSPS) is 19.4. The number of nitrogens with zero attached hydrogens (tertiary/aromatic N) is 2. The van der Waals surface area contributed by atoms with E-state index in [0.29, 0.717) is 19.4 Å². The molecule has 2 rings (SSSR count). The van der Waals surface area contributed by atoms with Crippen molar-refractivity contribution in [2.45, 2.75) is 29.5 Å². The quantitative estimate of drug-likeness (QED) is 0.622. The Bertz CT molecular complexity index is 643. The van der Waals surface area contributed by atoms with Crippen LogP contribution in [0, 0.1) is 0 Å². The highest BCUT2D eigenvalue weighted by Crippen LogP contribution is 2.23. The molecule has 21 heavy (non-hydrogen) atoms. The van der Waals surface area contributed by atoms with Crippen molar-refractivity contribution < 1.29 is 18.4 Å². The molecule has 1 heterocycles. The number of likely N-dealkylation sites (tertiary alicyclic amines) is 1. The molecule has 0 aliphatic carbocycles. The van der Waals surface area contributed by atoms with Crippen LogP contribution < -0.4 is 5.73 Å². The van der Waals surface area contributed by atoms with Gasteiger partial charge in [-0.2, -0.15) is 0 Å². The molecule has 1 fully saturated rings. The number of benzene rings is 1. The van der Waals surface area contributed by atoms with Crippen molar-refractivity contribution in [3.8, 4) is 0 Å². The van der Waals surface area contributed by atoms with Crippen molar-refractivity contribution in [1.82, 2.24) is 4.90 Å². The van der Waals surface area contributed by atoms with Crippen molar-refractivity contribution in [3.63, 3.8) is 0 Å². The third-order valence-corrected chi connectivity index (χ3v) is 5.39. The molecule has 1 atom stereocenters. The maximum atomic E-state index is 12.7. The lowest BCUT2D eigenvalue weighted by Crippen LogP contribution is -2.53. The van der Waals surface area contributed by atoms with Crippen LogP contribution in [-0.2, 0) is 14.6 Å². The molecule has 8 heteroatoms. The predicted molar refractivity (Wildman–Crippen MR) is 76.4 cm³/mol. The van der Waals surface area contributed by atoms with Crippen LogP contribution in [0.15, 0.2) is 40.4 Å². The number of hydrogen-bond donors (Lipinski definition) is 2. The van der Waals surface area contributed by atoms with E-state index in [9.17, 15) is 13.2 Å². The van der Waals surface area contributed by atoms with Crippen LogP contribution in [0.5, 0.6) is 0 Å². The number of amides is 1. The molecule has 0 spiro atoms. The molecule has 0 saturated carbocycles. The highest BCUT2D eigenvalue weighted by Gasteiger charge is 2.40. The Morgan fingerprint density at radius 1 is 1.29 bits per heavy atom. The Balaban J connectivity index is 2.46. The first-order chi connectivity index (χ1) is 9.98. The molecule has 3 N–H and O–H groups in total. The van der Waals surface area contributed by atoms with Gasteiger partial charge >= 0.3 is 0 Å². The van der Waals surface area contributed by atoms with E-state index in [1.54, 1.807) is 18.2 Å². The summed E-state index contributed by atoms with van der Waals surface area (Å²) in [5, 5.41) is 10.6. The van der Waals surface area contributed by atoms with Crippen LogP contribution in [-0.4, -0.2) is 42.2 Å². The summed E-state index contributed by atoms with van der Waals surface area (Å²) in [6.45, 7) is 0.305. The number of primary amides is 1. The molecular formula is C13H17N3O4S. The van der Waals surface area contributed by atoms with Gasteiger partial charge in [-0.05, 0) is 25.0 Å². The van der Waals surface area contributed by atoms with Gasteiger partial charge in [0.1, 0.15) is 5.84 Å². The van der Waals surface area contributed by atoms with Crippen LogP contribution >= 0.6 is 0 Å². The second-order valence-electron chi connectivity index (χ2n) is 4.78. The van der Waals surface area contributed by atoms with E-state index in [0.717, 1.165) is 6.42 Å². The molecule has 1 unspecified atom stereocenters. The molecule has 1 aliphatic heterocycles. The summed E-state index contributed by atoms with van der Waals surface area (Å²) in [7, 11) is -3.98. The standard InChI is InChI=1S/C13H17N3O4S/c14-12(17)13(16-9-5-4-8-11(16)15-18)21(19,20)10-6-2-1-3-7-10/h1-3,6-7,13,18H,4-5,8-9H2,(H2,14,17). The van der Waals surface area contributed by atoms with E-state index >= 15 is 0 Å². The number of amidine groups is 1. The van der Waals surface area contributed by atoms with Crippen molar-refractivity contribution in [2.75, 3.05) is 6.54 Å². The molecule has 1 amide bonds. The molecule has 0 bridgehead atoms. The zero-order valence-corrected chi connectivity index (χ0v) is 12.2. The van der Waals surface area contributed by atoms with Crippen LogP contribution in [0.2, 0.25) is 0 Å². The average molecular weight is 311 g/mol. The van der Waals surface area contributed by atoms with E-state index in [4.69, 9.17) is 10.9 Å². The zero-order chi connectivity index (χ0) is 15.5. The second-order valence-corrected chi connectivity index (χ2v) is 6.79. The number of sulfone groups is 1. The van der Waals surface area contributed by atoms with Crippen molar-refractivity contribution in [1.29, 1.82) is 0 Å². The number of hydrogen-bond acceptors (Lipinski definition) is 5. The van der Waals surface area contributed by atoms with Gasteiger partial charge in [-0.3, -0.25) is 4.79 Å². The number of rotatable bonds is 4. The molecule has 114 valence electrons. The van der Waals surface area contributed by atoms with Crippen LogP contribution in [0.4, 0.5) is 0 Å². The molecule has 7 nitrogen and oxygen atoms in total. The first-order valence-corrected chi connectivity index (χ1v) is 8.09. The minimum atomic E-state index is -3.98. The second kappa shape index (κ2) is 6.13. The highest BCUT2D eigenvalue weighted by molar-refractivity contribution is 7.92. The Kier molecular flexibility index (Phi) is 4.46. The number of oxime groups is 1. The molecule has 0 radical (unpaired) electrons. The third-order valence-electron chi connectivity index (χ3n) is 3.39. The molecular weight excluding hydrogens is 294 g/mol. The predicted octanol–water partition coefficient (Wildman–Crippen LogP) is 0.545. The number of nitrogens with two attached hydrogens (primary N) is 1. The summed E-state index contributed by atoms with van der Waals surface area (Å²) >= 11 is 0. The van der Waals surface area contributed by atoms with E-state index < -0.39 is 21.1 Å². The fourth-order valence-corrected chi connectivity index (χ4v) is 4.07. The van der Waals surface area contributed by atoms with Gasteiger partial charge in [0.15, 0.2) is 0 Å². The van der Waals surface area contributed by atoms with Gasteiger partial charge in [0, 0.05) is 13.0 Å². The number of carbonyl (C=O) groups excluding carboxylic acids is 1. The summed E-state index contributed by atoms with van der Waals surface area (Å²) in [6.07, 6.45) is 1.88. The van der Waals surface area contributed by atoms with Crippen LogP contribution in [0.25, 0.3) is 0 Å². The fraction of sp³-hybridized carbons (Fsp3) is 0.385. The Morgan fingerprint density at radius 3 is 2.52 bits per heavy atom. The monoisotopic (exact) mass is 311 g/mol. The van der Waals surface area contributed by atoms with E-state index in [-0.39, 0.29) is 10.7 Å². The lowest BCUT2D eigenvalue weighted by Gasteiger charge is -2.34. The molecule has 1 saturated heterocycles. The lowest BCUT2D eigenvalue weighted by molar-refractivity contribution is -0.119. The van der Waals surface area contributed by atoms with Crippen LogP contribution in [0.1, 0.15) is 19.3 Å². The number of carbonyl (C=O) groups is 1. The van der Waals surface area contributed by atoms with Crippen molar-refractivity contribution in [2.24, 2.45) is 10.9 Å². The smallest absolute Gasteiger partial charge is 0.256 e. The SMILES string of the molecule is NC(=O)C(N1CCCCC1=NO)S(=O)(=O)c1ccccc1. The minimum absolute atomic E-state index is 0.0108. The summed E-state index contributed by atoms with van der Waals surface area (Å²) in [6, 6.07) is 7.64. The van der Waals surface area contributed by atoms with Gasteiger partial charge in [-0.1, -0.05) is 23.4 Å². The first kappa shape index (κ1) is 15.3.